The molecule has 1 N–H and O–H groups in total. The summed E-state index contributed by atoms with van der Waals surface area (Å²) in [6.07, 6.45) is 56.9. The molecule has 0 rings (SSSR count). The molecule has 0 aliphatic rings. The highest BCUT2D eigenvalue weighted by molar-refractivity contribution is 5.72. The Morgan fingerprint density at radius 3 is 1.36 bits per heavy atom. The number of carbonyl (C=O) groups excluding carboxylic acids is 2. The van der Waals surface area contributed by atoms with Gasteiger partial charge in [0.25, 0.3) is 0 Å². The minimum absolute atomic E-state index is 0.0113. The first-order valence-corrected chi connectivity index (χ1v) is 22.1. The van der Waals surface area contributed by atoms with Crippen molar-refractivity contribution in [1.29, 1.82) is 0 Å². The van der Waals surface area contributed by atoms with Gasteiger partial charge < -0.3 is 23.8 Å². The molecule has 0 heterocycles. The number of carboxylic acids is 1. The lowest BCUT2D eigenvalue weighted by atomic mass is 10.1. The van der Waals surface area contributed by atoms with Gasteiger partial charge in [-0.2, -0.15) is 0 Å². The van der Waals surface area contributed by atoms with Crippen molar-refractivity contribution in [1.82, 2.24) is 0 Å². The van der Waals surface area contributed by atoms with Gasteiger partial charge in [0.1, 0.15) is 6.61 Å². The Balaban J connectivity index is 4.54. The van der Waals surface area contributed by atoms with E-state index in [9.17, 15) is 19.5 Å². The molecule has 0 fully saturated rings. The Labute approximate surface area is 359 Å². The monoisotopic (exact) mass is 819 g/mol. The quantitative estimate of drug-likeness (QED) is 0.0288. The van der Waals surface area contributed by atoms with Crippen molar-refractivity contribution in [2.24, 2.45) is 0 Å². The number of unbranched alkanes of at least 4 members (excludes halogenated alkanes) is 3. The van der Waals surface area contributed by atoms with Crippen molar-refractivity contribution in [3.63, 3.8) is 0 Å². The lowest BCUT2D eigenvalue weighted by Gasteiger charge is -2.31. The van der Waals surface area contributed by atoms with E-state index >= 15 is 0 Å². The predicted molar refractivity (Wildman–Crippen MR) is 247 cm³/mol. The molecule has 0 amide bonds. The first kappa shape index (κ1) is 54.7. The van der Waals surface area contributed by atoms with E-state index in [1.807, 2.05) is 33.3 Å². The predicted octanol–water partition coefficient (Wildman–Crippen LogP) is 12.2. The number of rotatable bonds is 37. The molecule has 0 spiro atoms. The molecule has 2 unspecified atom stereocenters. The van der Waals surface area contributed by atoms with Gasteiger partial charge in [0.2, 0.25) is 0 Å². The maximum atomic E-state index is 12.7. The lowest BCUT2D eigenvalue weighted by Crippen LogP contribution is -2.50. The van der Waals surface area contributed by atoms with Gasteiger partial charge in [-0.25, -0.2) is 4.79 Å². The fourth-order valence-electron chi connectivity index (χ4n) is 5.52. The molecule has 0 aromatic carbocycles. The first-order chi connectivity index (χ1) is 28.6. The molecule has 0 aromatic heterocycles. The molecule has 0 bridgehead atoms. The Kier molecular flexibility index (Phi) is 37.6. The number of esters is 2. The van der Waals surface area contributed by atoms with Gasteiger partial charge in [0.05, 0.1) is 34.4 Å². The summed E-state index contributed by atoms with van der Waals surface area (Å²) in [5.41, 5.74) is 0. The third kappa shape index (κ3) is 39.0. The number of nitrogens with zero attached hydrogens (tertiary/aromatic N) is 1. The summed E-state index contributed by atoms with van der Waals surface area (Å²) in [6, 6.07) is -0.640. The molecular weight excluding hydrogens is 739 g/mol. The average molecular weight is 819 g/mol. The second kappa shape index (κ2) is 40.5. The third-order valence-corrected chi connectivity index (χ3v) is 8.87. The number of hydrogen-bond acceptors (Lipinski definition) is 6. The van der Waals surface area contributed by atoms with Crippen LogP contribution in [0.15, 0.2) is 122 Å². The van der Waals surface area contributed by atoms with Crippen LogP contribution in [0.5, 0.6) is 0 Å². The van der Waals surface area contributed by atoms with E-state index in [-0.39, 0.29) is 36.7 Å². The molecular formula is C51H80NO7+. The number of carbonyl (C=O) groups is 3. The molecule has 330 valence electrons. The van der Waals surface area contributed by atoms with Crippen molar-refractivity contribution in [2.75, 3.05) is 41.0 Å². The van der Waals surface area contributed by atoms with Gasteiger partial charge in [0.15, 0.2) is 12.1 Å². The van der Waals surface area contributed by atoms with Crippen LogP contribution in [0, 0.1) is 0 Å². The second-order valence-corrected chi connectivity index (χ2v) is 15.2. The third-order valence-electron chi connectivity index (χ3n) is 8.87. The summed E-state index contributed by atoms with van der Waals surface area (Å²) in [5.74, 6) is -1.64. The summed E-state index contributed by atoms with van der Waals surface area (Å²) >= 11 is 0. The summed E-state index contributed by atoms with van der Waals surface area (Å²) in [6.45, 7) is 4.36. The van der Waals surface area contributed by atoms with Crippen LogP contribution in [0.1, 0.15) is 129 Å². The molecule has 0 saturated heterocycles. The van der Waals surface area contributed by atoms with Crippen LogP contribution >= 0.6 is 0 Å². The fraction of sp³-hybridized carbons (Fsp3) is 0.549. The van der Waals surface area contributed by atoms with Gasteiger partial charge in [-0.15, -0.1) is 0 Å². The zero-order valence-corrected chi connectivity index (χ0v) is 37.4. The number of aliphatic carboxylic acids is 1. The number of ether oxygens (including phenoxy) is 3. The van der Waals surface area contributed by atoms with E-state index in [0.29, 0.717) is 19.3 Å². The zero-order valence-electron chi connectivity index (χ0n) is 37.4. The Morgan fingerprint density at radius 2 is 0.932 bits per heavy atom. The zero-order chi connectivity index (χ0) is 43.5. The van der Waals surface area contributed by atoms with E-state index in [1.54, 1.807) is 0 Å². The maximum absolute atomic E-state index is 12.7. The van der Waals surface area contributed by atoms with Gasteiger partial charge in [0, 0.05) is 19.3 Å². The fourth-order valence-corrected chi connectivity index (χ4v) is 5.52. The number of carboxylic acid groups (broad SMARTS) is 1. The summed E-state index contributed by atoms with van der Waals surface area (Å²) in [5, 5.41) is 9.62. The molecule has 2 atom stereocenters. The molecule has 0 aliphatic heterocycles. The molecule has 0 aromatic rings. The smallest absolute Gasteiger partial charge is 0.362 e. The average Bonchev–Trinajstić information content (AvgIpc) is 3.19. The van der Waals surface area contributed by atoms with E-state index in [2.05, 4.69) is 123 Å². The number of quaternary nitrogens is 1. The molecule has 59 heavy (non-hydrogen) atoms. The number of likely N-dealkylation sites (N-methyl/N-ethyl adjacent to an activating group) is 1. The van der Waals surface area contributed by atoms with Crippen LogP contribution in [0.25, 0.3) is 0 Å². The van der Waals surface area contributed by atoms with Gasteiger partial charge in [-0.1, -0.05) is 142 Å². The van der Waals surface area contributed by atoms with Crippen molar-refractivity contribution < 1.29 is 38.2 Å². The normalized spacial score (nSPS) is 14.1. The molecule has 0 radical (unpaired) electrons. The van der Waals surface area contributed by atoms with Crippen molar-refractivity contribution in [3.8, 4) is 0 Å². The molecule has 0 aliphatic carbocycles. The Morgan fingerprint density at radius 1 is 0.508 bits per heavy atom. The standard InChI is InChI=1S/C51H79NO7/c1-6-8-10-12-14-16-18-20-22-24-25-26-28-29-31-33-35-37-39-41-49(53)58-46-47(45-57-44-43-48(51(55)56)52(3,4)5)59-50(54)42-40-38-36-34-32-30-27-23-21-19-17-15-13-11-9-7-2/h8-11,14-17,20-23,25-26,29-32,36,38,47-48H,6-7,12-13,18-19,24,27-28,33-35,37,39-46H2,1-5H3/p+1/b10-8+,11-9+,16-14+,17-15+,22-20+,23-21+,26-25+,31-29+,32-30+,38-36+. The number of hydrogen-bond donors (Lipinski definition) is 1. The van der Waals surface area contributed by atoms with Gasteiger partial charge in [-0.05, 0) is 89.9 Å². The van der Waals surface area contributed by atoms with Crippen molar-refractivity contribution in [2.45, 2.75) is 142 Å². The van der Waals surface area contributed by atoms with Crippen LogP contribution in [-0.4, -0.2) is 80.6 Å². The van der Waals surface area contributed by atoms with Crippen LogP contribution in [0.2, 0.25) is 0 Å². The van der Waals surface area contributed by atoms with Crippen LogP contribution in [0.3, 0.4) is 0 Å². The van der Waals surface area contributed by atoms with Crippen LogP contribution < -0.4 is 0 Å². The van der Waals surface area contributed by atoms with Gasteiger partial charge >= 0.3 is 17.9 Å². The van der Waals surface area contributed by atoms with Crippen LogP contribution in [-0.2, 0) is 28.6 Å². The highest BCUT2D eigenvalue weighted by atomic mass is 16.6. The summed E-state index contributed by atoms with van der Waals surface area (Å²) < 4.78 is 17.1. The SMILES string of the molecule is CC/C=C/C/C=C/C/C=C/C/C=C/C/C=C/CCCCCC(=O)OCC(COCCC(C(=O)O)[N+](C)(C)C)OC(=O)CC/C=C/C/C=C/C/C=C/C/C=C/C/C=C/CC. The lowest BCUT2D eigenvalue weighted by molar-refractivity contribution is -0.887. The molecule has 8 heteroatoms. The van der Waals surface area contributed by atoms with Crippen molar-refractivity contribution >= 4 is 17.9 Å². The minimum Gasteiger partial charge on any atom is -0.477 e. The largest absolute Gasteiger partial charge is 0.477 e. The van der Waals surface area contributed by atoms with E-state index in [4.69, 9.17) is 14.2 Å². The van der Waals surface area contributed by atoms with E-state index < -0.39 is 24.1 Å². The summed E-state index contributed by atoms with van der Waals surface area (Å²) in [4.78, 5) is 37.0. The Bertz CT molecular complexity index is 1370. The minimum atomic E-state index is -0.897. The highest BCUT2D eigenvalue weighted by Crippen LogP contribution is 2.11. The van der Waals surface area contributed by atoms with Crippen LogP contribution in [0.4, 0.5) is 0 Å². The second-order valence-electron chi connectivity index (χ2n) is 15.2. The van der Waals surface area contributed by atoms with E-state index in [1.165, 1.54) is 0 Å². The first-order valence-electron chi connectivity index (χ1n) is 22.1. The molecule has 8 nitrogen and oxygen atoms in total. The maximum Gasteiger partial charge on any atom is 0.362 e. The topological polar surface area (TPSA) is 99.1 Å². The number of allylic oxidation sites excluding steroid dienone is 20. The molecule has 0 saturated carbocycles. The highest BCUT2D eigenvalue weighted by Gasteiger charge is 2.31. The summed E-state index contributed by atoms with van der Waals surface area (Å²) in [7, 11) is 5.47. The van der Waals surface area contributed by atoms with E-state index in [0.717, 1.165) is 89.9 Å². The van der Waals surface area contributed by atoms with Gasteiger partial charge in [-0.3, -0.25) is 9.59 Å². The Hall–Kier alpha value is -4.27. The van der Waals surface area contributed by atoms with Crippen molar-refractivity contribution in [3.05, 3.63) is 122 Å².